The lowest BCUT2D eigenvalue weighted by molar-refractivity contribution is -0.179. The van der Waals surface area contributed by atoms with Gasteiger partial charge >= 0.3 is 5.97 Å². The fourth-order valence-corrected chi connectivity index (χ4v) is 6.77. The fourth-order valence-electron chi connectivity index (χ4n) is 3.53. The first-order chi connectivity index (χ1) is 12.9. The fraction of sp³-hybridized carbons (Fsp3) is 0.471. The van der Waals surface area contributed by atoms with E-state index >= 15 is 0 Å². The van der Waals surface area contributed by atoms with E-state index in [9.17, 15) is 17.6 Å². The molecular formula is C17H18FNO6S2. The summed E-state index contributed by atoms with van der Waals surface area (Å²) in [4.78, 5) is 11.7. The van der Waals surface area contributed by atoms with Gasteiger partial charge in [-0.3, -0.25) is 0 Å². The molecule has 4 rings (SSSR count). The minimum atomic E-state index is -4.11. The van der Waals surface area contributed by atoms with Crippen LogP contribution in [-0.4, -0.2) is 57.9 Å². The number of fused-ring (bicyclic) bond motifs is 1. The predicted molar refractivity (Wildman–Crippen MR) is 95.8 cm³/mol. The Bertz CT molecular complexity index is 986. The highest BCUT2D eigenvalue weighted by molar-refractivity contribution is 7.89. The second-order valence-corrected chi connectivity index (χ2v) is 9.30. The first-order valence-electron chi connectivity index (χ1n) is 8.45. The molecule has 2 fully saturated rings. The van der Waals surface area contributed by atoms with Gasteiger partial charge in [0.15, 0.2) is 5.79 Å². The number of thiophene rings is 1. The predicted octanol–water partition coefficient (Wildman–Crippen LogP) is 2.35. The average molecular weight is 415 g/mol. The van der Waals surface area contributed by atoms with E-state index in [1.807, 2.05) is 0 Å². The van der Waals surface area contributed by atoms with E-state index in [-0.39, 0.29) is 28.2 Å². The second kappa shape index (κ2) is 6.78. The maximum atomic E-state index is 14.5. The van der Waals surface area contributed by atoms with Gasteiger partial charge < -0.3 is 14.2 Å². The minimum Gasteiger partial charge on any atom is -0.465 e. The number of hydrogen-bond donors (Lipinski definition) is 0. The molecule has 0 atom stereocenters. The van der Waals surface area contributed by atoms with Crippen molar-refractivity contribution in [3.8, 4) is 0 Å². The number of piperidine rings is 1. The number of nitrogens with zero attached hydrogens (tertiary/aromatic N) is 1. The maximum absolute atomic E-state index is 14.5. The lowest BCUT2D eigenvalue weighted by atomic mass is 10.1. The van der Waals surface area contributed by atoms with Gasteiger partial charge in [-0.1, -0.05) is 6.07 Å². The first kappa shape index (κ1) is 18.8. The van der Waals surface area contributed by atoms with E-state index in [0.29, 0.717) is 30.8 Å². The number of sulfonamides is 1. The Hall–Kier alpha value is -1.59. The molecule has 2 aliphatic rings. The zero-order chi connectivity index (χ0) is 19.2. The van der Waals surface area contributed by atoms with Gasteiger partial charge in [0.05, 0.1) is 20.3 Å². The van der Waals surface area contributed by atoms with Crippen molar-refractivity contribution in [2.75, 3.05) is 33.4 Å². The number of rotatable bonds is 3. The summed E-state index contributed by atoms with van der Waals surface area (Å²) >= 11 is 0.911. The third-order valence-corrected chi connectivity index (χ3v) is 8.12. The molecule has 0 N–H and O–H groups in total. The standard InChI is InChI=1S/C17H18FNO6S2/c1-23-16(20)14-15(13-11(18)3-2-4-12(13)26-14)27(21,22)19-7-5-17(6-8-19)24-9-10-25-17/h2-4H,5-10H2,1H3. The summed E-state index contributed by atoms with van der Waals surface area (Å²) in [5.74, 6) is -2.22. The van der Waals surface area contributed by atoms with Crippen LogP contribution in [-0.2, 0) is 24.2 Å². The van der Waals surface area contributed by atoms with Gasteiger partial charge in [-0.2, -0.15) is 4.31 Å². The molecule has 0 radical (unpaired) electrons. The molecule has 27 heavy (non-hydrogen) atoms. The number of benzene rings is 1. The molecule has 0 amide bonds. The van der Waals surface area contributed by atoms with Crippen molar-refractivity contribution in [1.82, 2.24) is 4.31 Å². The molecule has 146 valence electrons. The largest absolute Gasteiger partial charge is 0.465 e. The smallest absolute Gasteiger partial charge is 0.349 e. The molecule has 2 aromatic rings. The van der Waals surface area contributed by atoms with Crippen LogP contribution in [0.2, 0.25) is 0 Å². The van der Waals surface area contributed by atoms with Crippen LogP contribution in [0.5, 0.6) is 0 Å². The molecule has 10 heteroatoms. The van der Waals surface area contributed by atoms with Crippen LogP contribution < -0.4 is 0 Å². The Kier molecular flexibility index (Phi) is 4.71. The summed E-state index contributed by atoms with van der Waals surface area (Å²) in [6, 6.07) is 4.24. The highest BCUT2D eigenvalue weighted by Crippen LogP contribution is 2.40. The van der Waals surface area contributed by atoms with Crippen LogP contribution in [0.25, 0.3) is 10.1 Å². The van der Waals surface area contributed by atoms with Crippen molar-refractivity contribution >= 4 is 37.4 Å². The molecular weight excluding hydrogens is 397 g/mol. The van der Waals surface area contributed by atoms with Crippen LogP contribution in [0.1, 0.15) is 22.5 Å². The average Bonchev–Trinajstić information content (AvgIpc) is 3.27. The third kappa shape index (κ3) is 3.05. The summed E-state index contributed by atoms with van der Waals surface area (Å²) < 4.78 is 58.8. The molecule has 1 spiro atoms. The lowest BCUT2D eigenvalue weighted by Crippen LogP contribution is -2.47. The van der Waals surface area contributed by atoms with E-state index in [1.54, 1.807) is 6.07 Å². The van der Waals surface area contributed by atoms with Gasteiger partial charge in [0, 0.05) is 36.0 Å². The minimum absolute atomic E-state index is 0.0726. The van der Waals surface area contributed by atoms with Crippen molar-refractivity contribution in [2.45, 2.75) is 23.5 Å². The van der Waals surface area contributed by atoms with E-state index in [0.717, 1.165) is 11.3 Å². The normalized spacial score (nSPS) is 20.4. The van der Waals surface area contributed by atoms with Crippen LogP contribution in [0, 0.1) is 5.82 Å². The Balaban J connectivity index is 1.77. The topological polar surface area (TPSA) is 82.1 Å². The summed E-state index contributed by atoms with van der Waals surface area (Å²) in [6.45, 7) is 1.29. The van der Waals surface area contributed by atoms with Crippen molar-refractivity contribution in [3.05, 3.63) is 28.9 Å². The van der Waals surface area contributed by atoms with Crippen molar-refractivity contribution < 1.29 is 31.8 Å². The van der Waals surface area contributed by atoms with Crippen LogP contribution in [0.15, 0.2) is 23.1 Å². The zero-order valence-corrected chi connectivity index (χ0v) is 16.2. The molecule has 0 bridgehead atoms. The maximum Gasteiger partial charge on any atom is 0.349 e. The second-order valence-electron chi connectivity index (χ2n) is 6.38. The van der Waals surface area contributed by atoms with Gasteiger partial charge in [0.25, 0.3) is 0 Å². The number of esters is 1. The Morgan fingerprint density at radius 2 is 1.93 bits per heavy atom. The Morgan fingerprint density at radius 3 is 2.56 bits per heavy atom. The van der Waals surface area contributed by atoms with Gasteiger partial charge in [-0.25, -0.2) is 17.6 Å². The third-order valence-electron chi connectivity index (χ3n) is 4.89. The van der Waals surface area contributed by atoms with E-state index in [1.165, 1.54) is 23.5 Å². The van der Waals surface area contributed by atoms with Crippen LogP contribution in [0.4, 0.5) is 4.39 Å². The van der Waals surface area contributed by atoms with Crippen LogP contribution in [0.3, 0.4) is 0 Å². The number of carbonyl (C=O) groups excluding carboxylic acids is 1. The summed E-state index contributed by atoms with van der Waals surface area (Å²) in [6.07, 6.45) is 0.759. The monoisotopic (exact) mass is 415 g/mol. The molecule has 2 saturated heterocycles. The quantitative estimate of drug-likeness (QED) is 0.716. The summed E-state index contributed by atoms with van der Waals surface area (Å²) in [7, 11) is -2.94. The number of carbonyl (C=O) groups is 1. The van der Waals surface area contributed by atoms with E-state index in [2.05, 4.69) is 0 Å². The van der Waals surface area contributed by atoms with Crippen LogP contribution >= 0.6 is 11.3 Å². The van der Waals surface area contributed by atoms with Gasteiger partial charge in [-0.05, 0) is 12.1 Å². The number of ether oxygens (including phenoxy) is 3. The molecule has 3 heterocycles. The van der Waals surface area contributed by atoms with Gasteiger partial charge in [0.2, 0.25) is 10.0 Å². The summed E-state index contributed by atoms with van der Waals surface area (Å²) in [5.41, 5.74) is 0. The number of hydrogen-bond acceptors (Lipinski definition) is 7. The van der Waals surface area contributed by atoms with E-state index < -0.39 is 27.6 Å². The highest BCUT2D eigenvalue weighted by Gasteiger charge is 2.44. The molecule has 0 unspecified atom stereocenters. The summed E-state index contributed by atoms with van der Waals surface area (Å²) in [5, 5.41) is -0.0726. The van der Waals surface area contributed by atoms with Crippen molar-refractivity contribution in [1.29, 1.82) is 0 Å². The highest BCUT2D eigenvalue weighted by atomic mass is 32.2. The molecule has 0 aliphatic carbocycles. The van der Waals surface area contributed by atoms with Crippen molar-refractivity contribution in [3.63, 3.8) is 0 Å². The van der Waals surface area contributed by atoms with Gasteiger partial charge in [0.1, 0.15) is 15.6 Å². The van der Waals surface area contributed by atoms with Gasteiger partial charge in [-0.15, -0.1) is 11.3 Å². The zero-order valence-electron chi connectivity index (χ0n) is 14.6. The SMILES string of the molecule is COC(=O)c1sc2cccc(F)c2c1S(=O)(=O)N1CCC2(CC1)OCCO2. The van der Waals surface area contributed by atoms with E-state index in [4.69, 9.17) is 14.2 Å². The molecule has 1 aromatic carbocycles. The molecule has 2 aliphatic heterocycles. The van der Waals surface area contributed by atoms with Crippen molar-refractivity contribution in [2.24, 2.45) is 0 Å². The Morgan fingerprint density at radius 1 is 1.26 bits per heavy atom. The Labute approximate surface area is 159 Å². The lowest BCUT2D eigenvalue weighted by Gasteiger charge is -2.36. The molecule has 7 nitrogen and oxygen atoms in total. The number of halogens is 1. The molecule has 0 saturated carbocycles. The number of methoxy groups -OCH3 is 1. The molecule has 1 aromatic heterocycles. The first-order valence-corrected chi connectivity index (χ1v) is 10.7.